The minimum Gasteiger partial charge on any atom is -0.282 e. The van der Waals surface area contributed by atoms with Crippen molar-refractivity contribution in [2.24, 2.45) is 0 Å². The zero-order chi connectivity index (χ0) is 8.72. The van der Waals surface area contributed by atoms with E-state index in [1.807, 2.05) is 13.0 Å². The first-order chi connectivity index (χ1) is 5.68. The fourth-order valence-corrected chi connectivity index (χ4v) is 1.81. The minimum atomic E-state index is 0.420. The third kappa shape index (κ3) is 1.11. The molecule has 12 heavy (non-hydrogen) atoms. The lowest BCUT2D eigenvalue weighted by atomic mass is 10.3. The van der Waals surface area contributed by atoms with Crippen LogP contribution in [0.1, 0.15) is 5.69 Å². The van der Waals surface area contributed by atoms with Crippen LogP contribution in [-0.2, 0) is 0 Å². The Kier molecular flexibility index (Phi) is 1.81. The van der Waals surface area contributed by atoms with Gasteiger partial charge in [0.1, 0.15) is 10.1 Å². The van der Waals surface area contributed by atoms with Crippen molar-refractivity contribution < 1.29 is 0 Å². The average molecular weight is 246 g/mol. The van der Waals surface area contributed by atoms with Crippen LogP contribution in [0.15, 0.2) is 10.7 Å². The SMILES string of the molecule is Cc1[nH]nc2c(Cl)nc(Br)cc12. The van der Waals surface area contributed by atoms with Crippen LogP contribution in [0, 0.1) is 6.92 Å². The highest BCUT2D eigenvalue weighted by Gasteiger charge is 2.07. The van der Waals surface area contributed by atoms with Crippen molar-refractivity contribution in [3.05, 3.63) is 21.5 Å². The summed E-state index contributed by atoms with van der Waals surface area (Å²) >= 11 is 9.12. The molecule has 0 radical (unpaired) electrons. The number of halogens is 2. The van der Waals surface area contributed by atoms with Gasteiger partial charge >= 0.3 is 0 Å². The summed E-state index contributed by atoms with van der Waals surface area (Å²) in [7, 11) is 0. The molecule has 0 aliphatic carbocycles. The molecule has 0 aliphatic heterocycles. The van der Waals surface area contributed by atoms with E-state index >= 15 is 0 Å². The van der Waals surface area contributed by atoms with Gasteiger partial charge in [-0.1, -0.05) is 11.6 Å². The Morgan fingerprint density at radius 1 is 1.58 bits per heavy atom. The van der Waals surface area contributed by atoms with Gasteiger partial charge in [0.15, 0.2) is 5.15 Å². The molecule has 2 heterocycles. The third-order valence-electron chi connectivity index (χ3n) is 1.66. The first-order valence-electron chi connectivity index (χ1n) is 3.35. The van der Waals surface area contributed by atoms with E-state index in [1.54, 1.807) is 0 Å². The zero-order valence-electron chi connectivity index (χ0n) is 6.23. The summed E-state index contributed by atoms with van der Waals surface area (Å²) < 4.78 is 0.726. The largest absolute Gasteiger partial charge is 0.282 e. The van der Waals surface area contributed by atoms with E-state index in [2.05, 4.69) is 31.1 Å². The zero-order valence-corrected chi connectivity index (χ0v) is 8.57. The predicted molar refractivity (Wildman–Crippen MR) is 51.3 cm³/mol. The molecule has 0 saturated heterocycles. The normalized spacial score (nSPS) is 10.9. The van der Waals surface area contributed by atoms with Gasteiger partial charge in [0, 0.05) is 11.1 Å². The average Bonchev–Trinajstić information content (AvgIpc) is 2.33. The maximum absolute atomic E-state index is 5.85. The van der Waals surface area contributed by atoms with Crippen molar-refractivity contribution in [3.63, 3.8) is 0 Å². The molecule has 0 spiro atoms. The number of aryl methyl sites for hydroxylation is 1. The first kappa shape index (κ1) is 8.01. The standard InChI is InChI=1S/C7H5BrClN3/c1-3-4-2-5(8)10-7(9)6(4)12-11-3/h2H,1H3,(H,11,12). The molecule has 0 aliphatic rings. The molecule has 0 bridgehead atoms. The predicted octanol–water partition coefficient (Wildman–Crippen LogP) is 2.68. The number of fused-ring (bicyclic) bond motifs is 1. The molecule has 5 heteroatoms. The van der Waals surface area contributed by atoms with E-state index < -0.39 is 0 Å². The second kappa shape index (κ2) is 2.71. The highest BCUT2D eigenvalue weighted by atomic mass is 79.9. The Bertz CT molecular complexity index is 437. The van der Waals surface area contributed by atoms with Crippen LogP contribution in [-0.4, -0.2) is 15.2 Å². The number of nitrogens with zero attached hydrogens (tertiary/aromatic N) is 2. The maximum atomic E-state index is 5.85. The fourth-order valence-electron chi connectivity index (χ4n) is 1.07. The van der Waals surface area contributed by atoms with Gasteiger partial charge in [-0.15, -0.1) is 0 Å². The molecule has 0 atom stereocenters. The summed E-state index contributed by atoms with van der Waals surface area (Å²) in [5, 5.41) is 8.29. The lowest BCUT2D eigenvalue weighted by Crippen LogP contribution is -1.79. The molecule has 0 unspecified atom stereocenters. The summed E-state index contributed by atoms with van der Waals surface area (Å²) in [6.07, 6.45) is 0. The number of nitrogens with one attached hydrogen (secondary N) is 1. The van der Waals surface area contributed by atoms with Crippen molar-refractivity contribution in [3.8, 4) is 0 Å². The second-order valence-electron chi connectivity index (χ2n) is 2.48. The topological polar surface area (TPSA) is 41.6 Å². The molecule has 1 N–H and O–H groups in total. The smallest absolute Gasteiger partial charge is 0.158 e. The monoisotopic (exact) mass is 245 g/mol. The number of rotatable bonds is 0. The van der Waals surface area contributed by atoms with Gasteiger partial charge in [-0.25, -0.2) is 4.98 Å². The Labute approximate surface area is 82.3 Å². The van der Waals surface area contributed by atoms with Crippen LogP contribution in [0.3, 0.4) is 0 Å². The van der Waals surface area contributed by atoms with E-state index in [0.717, 1.165) is 21.2 Å². The van der Waals surface area contributed by atoms with E-state index in [4.69, 9.17) is 11.6 Å². The van der Waals surface area contributed by atoms with Crippen molar-refractivity contribution in [1.29, 1.82) is 0 Å². The number of aromatic amines is 1. The van der Waals surface area contributed by atoms with Gasteiger partial charge in [0.25, 0.3) is 0 Å². The molecule has 0 fully saturated rings. The highest BCUT2D eigenvalue weighted by Crippen LogP contribution is 2.24. The minimum absolute atomic E-state index is 0.420. The Morgan fingerprint density at radius 2 is 2.33 bits per heavy atom. The van der Waals surface area contributed by atoms with Crippen LogP contribution < -0.4 is 0 Å². The molecule has 2 aromatic heterocycles. The summed E-state index contributed by atoms with van der Waals surface area (Å²) in [6.45, 7) is 1.94. The molecule has 3 nitrogen and oxygen atoms in total. The third-order valence-corrected chi connectivity index (χ3v) is 2.33. The van der Waals surface area contributed by atoms with Crippen LogP contribution in [0.5, 0.6) is 0 Å². The van der Waals surface area contributed by atoms with Gasteiger partial charge in [0.05, 0.1) is 0 Å². The van der Waals surface area contributed by atoms with E-state index in [1.165, 1.54) is 0 Å². The van der Waals surface area contributed by atoms with Crippen LogP contribution >= 0.6 is 27.5 Å². The van der Waals surface area contributed by atoms with Gasteiger partial charge in [-0.05, 0) is 28.9 Å². The van der Waals surface area contributed by atoms with Crippen molar-refractivity contribution >= 4 is 38.4 Å². The number of aromatic nitrogens is 3. The summed E-state index contributed by atoms with van der Waals surface area (Å²) in [4.78, 5) is 4.01. The van der Waals surface area contributed by atoms with Crippen molar-refractivity contribution in [2.75, 3.05) is 0 Å². The summed E-state index contributed by atoms with van der Waals surface area (Å²) in [5.41, 5.74) is 1.72. The molecular weight excluding hydrogens is 241 g/mol. The summed E-state index contributed by atoms with van der Waals surface area (Å²) in [5.74, 6) is 0. The number of H-pyrrole nitrogens is 1. The number of pyridine rings is 1. The molecule has 0 saturated carbocycles. The van der Waals surface area contributed by atoms with Crippen LogP contribution in [0.2, 0.25) is 5.15 Å². The number of hydrogen-bond donors (Lipinski definition) is 1. The Hall–Kier alpha value is -0.610. The fraction of sp³-hybridized carbons (Fsp3) is 0.143. The molecular formula is C7H5BrClN3. The number of hydrogen-bond acceptors (Lipinski definition) is 2. The van der Waals surface area contributed by atoms with Crippen LogP contribution in [0.4, 0.5) is 0 Å². The first-order valence-corrected chi connectivity index (χ1v) is 4.52. The van der Waals surface area contributed by atoms with E-state index in [0.29, 0.717) is 5.15 Å². The quantitative estimate of drug-likeness (QED) is 0.726. The van der Waals surface area contributed by atoms with Gasteiger partial charge in [-0.3, -0.25) is 5.10 Å². The summed E-state index contributed by atoms with van der Waals surface area (Å²) in [6, 6.07) is 1.89. The van der Waals surface area contributed by atoms with Crippen molar-refractivity contribution in [1.82, 2.24) is 15.2 Å². The van der Waals surface area contributed by atoms with Crippen LogP contribution in [0.25, 0.3) is 10.9 Å². The maximum Gasteiger partial charge on any atom is 0.158 e. The molecule has 2 aromatic rings. The lowest BCUT2D eigenvalue weighted by molar-refractivity contribution is 1.07. The highest BCUT2D eigenvalue weighted by molar-refractivity contribution is 9.10. The van der Waals surface area contributed by atoms with E-state index in [-0.39, 0.29) is 0 Å². The molecule has 2 rings (SSSR count). The van der Waals surface area contributed by atoms with Crippen molar-refractivity contribution in [2.45, 2.75) is 6.92 Å². The van der Waals surface area contributed by atoms with E-state index in [9.17, 15) is 0 Å². The second-order valence-corrected chi connectivity index (χ2v) is 3.65. The van der Waals surface area contributed by atoms with Gasteiger partial charge in [-0.2, -0.15) is 5.10 Å². The Balaban J connectivity index is 2.92. The van der Waals surface area contributed by atoms with Gasteiger partial charge < -0.3 is 0 Å². The molecule has 0 amide bonds. The Morgan fingerprint density at radius 3 is 3.08 bits per heavy atom. The lowest BCUT2D eigenvalue weighted by Gasteiger charge is -1.93. The van der Waals surface area contributed by atoms with Gasteiger partial charge in [0.2, 0.25) is 0 Å². The molecule has 62 valence electrons. The molecule has 0 aromatic carbocycles.